The third kappa shape index (κ3) is 3.99. The van der Waals surface area contributed by atoms with E-state index in [2.05, 4.69) is 62.9 Å². The SMILES string of the molecule is Cn1ncc(C(=O)NCc2ccc(-c3ccnc4[nH]ccc34)cc2)c1CC1=CCCC=C1. The van der Waals surface area contributed by atoms with Crippen LogP contribution < -0.4 is 5.32 Å². The first-order valence-electron chi connectivity index (χ1n) is 10.8. The highest BCUT2D eigenvalue weighted by Gasteiger charge is 2.17. The van der Waals surface area contributed by atoms with Crippen molar-refractivity contribution >= 4 is 16.9 Å². The van der Waals surface area contributed by atoms with Crippen LogP contribution in [0.3, 0.4) is 0 Å². The maximum Gasteiger partial charge on any atom is 0.255 e. The molecule has 2 N–H and O–H groups in total. The first-order valence-corrected chi connectivity index (χ1v) is 10.8. The van der Waals surface area contributed by atoms with Crippen molar-refractivity contribution < 1.29 is 4.79 Å². The number of H-pyrrole nitrogens is 1. The third-order valence-electron chi connectivity index (χ3n) is 5.93. The van der Waals surface area contributed by atoms with Crippen molar-refractivity contribution in [3.8, 4) is 11.1 Å². The van der Waals surface area contributed by atoms with Gasteiger partial charge < -0.3 is 10.3 Å². The Morgan fingerprint density at radius 2 is 2.03 bits per heavy atom. The van der Waals surface area contributed by atoms with Crippen LogP contribution in [0.5, 0.6) is 0 Å². The van der Waals surface area contributed by atoms with Crippen LogP contribution in [0.15, 0.2) is 78.8 Å². The molecule has 0 saturated carbocycles. The number of carbonyl (C=O) groups is 1. The largest absolute Gasteiger partial charge is 0.348 e. The number of rotatable bonds is 6. The van der Waals surface area contributed by atoms with E-state index in [-0.39, 0.29) is 5.91 Å². The van der Waals surface area contributed by atoms with Crippen molar-refractivity contribution in [2.45, 2.75) is 25.8 Å². The third-order valence-corrected chi connectivity index (χ3v) is 5.93. The van der Waals surface area contributed by atoms with Crippen LogP contribution in [0.25, 0.3) is 22.2 Å². The number of allylic oxidation sites excluding steroid dienone is 4. The van der Waals surface area contributed by atoms with Gasteiger partial charge in [-0.25, -0.2) is 4.98 Å². The lowest BCUT2D eigenvalue weighted by molar-refractivity contribution is 0.0950. The van der Waals surface area contributed by atoms with E-state index >= 15 is 0 Å². The smallest absolute Gasteiger partial charge is 0.255 e. The van der Waals surface area contributed by atoms with Gasteiger partial charge in [0.15, 0.2) is 0 Å². The summed E-state index contributed by atoms with van der Waals surface area (Å²) in [5.74, 6) is -0.0965. The van der Waals surface area contributed by atoms with E-state index in [9.17, 15) is 4.79 Å². The van der Waals surface area contributed by atoms with Gasteiger partial charge in [-0.05, 0) is 47.2 Å². The minimum Gasteiger partial charge on any atom is -0.348 e. The van der Waals surface area contributed by atoms with E-state index in [4.69, 9.17) is 0 Å². The predicted octanol–water partition coefficient (Wildman–Crippen LogP) is 4.71. The highest BCUT2D eigenvalue weighted by Crippen LogP contribution is 2.27. The molecule has 0 bridgehead atoms. The number of amides is 1. The number of aromatic nitrogens is 4. The zero-order valence-electron chi connectivity index (χ0n) is 18.0. The molecule has 0 radical (unpaired) electrons. The molecule has 6 nitrogen and oxygen atoms in total. The van der Waals surface area contributed by atoms with Gasteiger partial charge in [0, 0.05) is 37.8 Å². The van der Waals surface area contributed by atoms with E-state index in [0.29, 0.717) is 18.5 Å². The lowest BCUT2D eigenvalue weighted by atomic mass is 10.0. The van der Waals surface area contributed by atoms with Gasteiger partial charge in [-0.2, -0.15) is 5.10 Å². The molecular formula is C26H25N5O. The molecule has 0 unspecified atom stereocenters. The second kappa shape index (κ2) is 8.67. The van der Waals surface area contributed by atoms with Gasteiger partial charge >= 0.3 is 0 Å². The van der Waals surface area contributed by atoms with Gasteiger partial charge in [-0.3, -0.25) is 9.48 Å². The second-order valence-corrected chi connectivity index (χ2v) is 8.04. The topological polar surface area (TPSA) is 75.6 Å². The molecule has 6 heteroatoms. The second-order valence-electron chi connectivity index (χ2n) is 8.04. The number of nitrogens with one attached hydrogen (secondary N) is 2. The Labute approximate surface area is 186 Å². The molecule has 0 spiro atoms. The summed E-state index contributed by atoms with van der Waals surface area (Å²) < 4.78 is 1.80. The number of aromatic amines is 1. The van der Waals surface area contributed by atoms with Gasteiger partial charge in [-0.15, -0.1) is 0 Å². The zero-order chi connectivity index (χ0) is 21.9. The van der Waals surface area contributed by atoms with Crippen LogP contribution in [-0.2, 0) is 20.0 Å². The minimum atomic E-state index is -0.0965. The monoisotopic (exact) mass is 423 g/mol. The normalized spacial score (nSPS) is 13.3. The summed E-state index contributed by atoms with van der Waals surface area (Å²) in [7, 11) is 1.89. The van der Waals surface area contributed by atoms with Crippen LogP contribution in [0.2, 0.25) is 0 Å². The summed E-state index contributed by atoms with van der Waals surface area (Å²) in [6.07, 6.45) is 14.8. The summed E-state index contributed by atoms with van der Waals surface area (Å²) in [5.41, 5.74) is 6.99. The van der Waals surface area contributed by atoms with Gasteiger partial charge in [0.2, 0.25) is 0 Å². The lowest BCUT2D eigenvalue weighted by Gasteiger charge is -2.11. The molecule has 32 heavy (non-hydrogen) atoms. The average Bonchev–Trinajstić information content (AvgIpc) is 3.45. The lowest BCUT2D eigenvalue weighted by Crippen LogP contribution is -2.24. The molecule has 1 aliphatic rings. The molecule has 0 saturated heterocycles. The average molecular weight is 424 g/mol. The van der Waals surface area contributed by atoms with E-state index in [1.165, 1.54) is 5.57 Å². The number of benzene rings is 1. The van der Waals surface area contributed by atoms with E-state index in [0.717, 1.165) is 46.3 Å². The number of hydrogen-bond donors (Lipinski definition) is 2. The Kier molecular flexibility index (Phi) is 5.42. The molecule has 0 fully saturated rings. The molecule has 1 aliphatic carbocycles. The molecule has 5 rings (SSSR count). The van der Waals surface area contributed by atoms with Crippen LogP contribution in [0.4, 0.5) is 0 Å². The molecule has 0 atom stereocenters. The molecule has 3 heterocycles. The standard InChI is InChI=1S/C26H25N5O/c1-31-24(15-18-5-3-2-4-6-18)23(17-30-31)26(32)29-16-19-7-9-20(10-8-19)21-11-13-27-25-22(21)12-14-28-25/h3,5-14,17H,2,4,15-16H2,1H3,(H,27,28)(H,29,32). The summed E-state index contributed by atoms with van der Waals surface area (Å²) in [4.78, 5) is 20.4. The van der Waals surface area contributed by atoms with Gasteiger partial charge in [0.25, 0.3) is 5.91 Å². The number of carbonyl (C=O) groups excluding carboxylic acids is 1. The van der Waals surface area contributed by atoms with E-state index in [1.54, 1.807) is 10.9 Å². The number of hydrogen-bond acceptors (Lipinski definition) is 3. The Bertz CT molecular complexity index is 1320. The van der Waals surface area contributed by atoms with Gasteiger partial charge in [-0.1, -0.05) is 42.5 Å². The van der Waals surface area contributed by atoms with Crippen molar-refractivity contribution in [3.05, 3.63) is 95.6 Å². The molecular weight excluding hydrogens is 398 g/mol. The van der Waals surface area contributed by atoms with Crippen molar-refractivity contribution in [2.75, 3.05) is 0 Å². The van der Waals surface area contributed by atoms with Crippen LogP contribution in [0, 0.1) is 0 Å². The first-order chi connectivity index (χ1) is 15.7. The van der Waals surface area contributed by atoms with Crippen molar-refractivity contribution in [3.63, 3.8) is 0 Å². The maximum absolute atomic E-state index is 12.9. The number of aryl methyl sites for hydroxylation is 1. The Hall–Kier alpha value is -3.93. The summed E-state index contributed by atoms with van der Waals surface area (Å²) in [6.45, 7) is 0.464. The first kappa shape index (κ1) is 20.0. The quantitative estimate of drug-likeness (QED) is 0.471. The number of nitrogens with zero attached hydrogens (tertiary/aromatic N) is 3. The van der Waals surface area contributed by atoms with Crippen molar-refractivity contribution in [2.24, 2.45) is 7.05 Å². The molecule has 0 aliphatic heterocycles. The Morgan fingerprint density at radius 3 is 2.84 bits per heavy atom. The van der Waals surface area contributed by atoms with E-state index in [1.807, 2.05) is 31.6 Å². The maximum atomic E-state index is 12.9. The Balaban J connectivity index is 1.27. The fourth-order valence-corrected chi connectivity index (χ4v) is 4.15. The summed E-state index contributed by atoms with van der Waals surface area (Å²) in [6, 6.07) is 12.3. The van der Waals surface area contributed by atoms with Crippen molar-refractivity contribution in [1.82, 2.24) is 25.1 Å². The molecule has 4 aromatic rings. The predicted molar refractivity (Wildman–Crippen MR) is 126 cm³/mol. The molecule has 1 amide bonds. The van der Waals surface area contributed by atoms with Crippen LogP contribution in [0.1, 0.15) is 34.5 Å². The van der Waals surface area contributed by atoms with E-state index < -0.39 is 0 Å². The summed E-state index contributed by atoms with van der Waals surface area (Å²) in [5, 5.41) is 8.46. The number of pyridine rings is 1. The minimum absolute atomic E-state index is 0.0965. The van der Waals surface area contributed by atoms with Crippen LogP contribution in [-0.4, -0.2) is 25.7 Å². The molecule has 1 aromatic carbocycles. The Morgan fingerprint density at radius 1 is 1.16 bits per heavy atom. The fourth-order valence-electron chi connectivity index (χ4n) is 4.15. The highest BCUT2D eigenvalue weighted by atomic mass is 16.1. The van der Waals surface area contributed by atoms with Gasteiger partial charge in [0.1, 0.15) is 5.65 Å². The fraction of sp³-hybridized carbons (Fsp3) is 0.192. The van der Waals surface area contributed by atoms with Crippen molar-refractivity contribution in [1.29, 1.82) is 0 Å². The number of fused-ring (bicyclic) bond motifs is 1. The highest BCUT2D eigenvalue weighted by molar-refractivity contribution is 5.95. The van der Waals surface area contributed by atoms with Gasteiger partial charge in [0.05, 0.1) is 17.5 Å². The molecule has 160 valence electrons. The molecule has 3 aromatic heterocycles. The summed E-state index contributed by atoms with van der Waals surface area (Å²) >= 11 is 0. The zero-order valence-corrected chi connectivity index (χ0v) is 18.0. The van der Waals surface area contributed by atoms with Crippen LogP contribution >= 0.6 is 0 Å².